The summed E-state index contributed by atoms with van der Waals surface area (Å²) in [5.74, 6) is -0.895. The number of carbonyl (C=O) groups is 1. The topological polar surface area (TPSA) is 46.9 Å². The molecule has 1 heterocycles. The van der Waals surface area contributed by atoms with E-state index >= 15 is 0 Å². The van der Waals surface area contributed by atoms with Gasteiger partial charge in [0.25, 0.3) is 5.91 Å². The highest BCUT2D eigenvalue weighted by molar-refractivity contribution is 5.94. The van der Waals surface area contributed by atoms with Gasteiger partial charge in [-0.3, -0.25) is 9.48 Å². The van der Waals surface area contributed by atoms with Crippen molar-refractivity contribution in [2.24, 2.45) is 7.05 Å². The summed E-state index contributed by atoms with van der Waals surface area (Å²) in [6.07, 6.45) is 4.30. The Morgan fingerprint density at radius 3 is 2.89 bits per heavy atom. The fourth-order valence-electron chi connectivity index (χ4n) is 1.66. The molecule has 0 fully saturated rings. The van der Waals surface area contributed by atoms with Gasteiger partial charge in [0, 0.05) is 19.8 Å². The van der Waals surface area contributed by atoms with Gasteiger partial charge in [-0.2, -0.15) is 5.10 Å². The van der Waals surface area contributed by atoms with Crippen LogP contribution in [0.15, 0.2) is 36.7 Å². The number of carbonyl (C=O) groups excluding carboxylic acids is 1. The summed E-state index contributed by atoms with van der Waals surface area (Å²) >= 11 is 0. The lowest BCUT2D eigenvalue weighted by atomic mass is 10.2. The van der Waals surface area contributed by atoms with Crippen LogP contribution < -0.4 is 5.32 Å². The predicted molar refractivity (Wildman–Crippen MR) is 65.6 cm³/mol. The van der Waals surface area contributed by atoms with Crippen LogP contribution in [0, 0.1) is 5.82 Å². The molecule has 0 aliphatic heterocycles. The molecule has 0 atom stereocenters. The molecule has 0 aliphatic rings. The van der Waals surface area contributed by atoms with Crippen LogP contribution in [-0.2, 0) is 13.5 Å². The molecular weight excluding hydrogens is 233 g/mol. The van der Waals surface area contributed by atoms with Crippen molar-refractivity contribution in [3.05, 3.63) is 53.6 Å². The minimum Gasteiger partial charge on any atom is -0.352 e. The van der Waals surface area contributed by atoms with Gasteiger partial charge in [-0.05, 0) is 24.1 Å². The van der Waals surface area contributed by atoms with Gasteiger partial charge >= 0.3 is 0 Å². The molecular formula is C13H14FN3O. The maximum Gasteiger partial charge on any atom is 0.254 e. The van der Waals surface area contributed by atoms with E-state index in [9.17, 15) is 9.18 Å². The van der Waals surface area contributed by atoms with E-state index in [1.807, 2.05) is 13.2 Å². The second kappa shape index (κ2) is 5.44. The molecule has 5 heteroatoms. The van der Waals surface area contributed by atoms with Crippen molar-refractivity contribution >= 4 is 5.91 Å². The van der Waals surface area contributed by atoms with Crippen molar-refractivity contribution in [2.45, 2.75) is 6.42 Å². The molecule has 94 valence electrons. The highest BCUT2D eigenvalue weighted by Gasteiger charge is 2.09. The van der Waals surface area contributed by atoms with Crippen LogP contribution in [0.5, 0.6) is 0 Å². The van der Waals surface area contributed by atoms with Gasteiger partial charge < -0.3 is 5.32 Å². The predicted octanol–water partition coefficient (Wildman–Crippen LogP) is 1.53. The van der Waals surface area contributed by atoms with Crippen LogP contribution in [0.1, 0.15) is 15.9 Å². The first-order valence-electron chi connectivity index (χ1n) is 5.67. The summed E-state index contributed by atoms with van der Waals surface area (Å²) in [4.78, 5) is 11.7. The number of amides is 1. The summed E-state index contributed by atoms with van der Waals surface area (Å²) in [5, 5.41) is 6.71. The molecule has 2 rings (SSSR count). The molecule has 1 aromatic heterocycles. The fraction of sp³-hybridized carbons (Fsp3) is 0.231. The number of aryl methyl sites for hydroxylation is 1. The van der Waals surface area contributed by atoms with Gasteiger partial charge in [0.2, 0.25) is 0 Å². The van der Waals surface area contributed by atoms with Crippen LogP contribution in [0.25, 0.3) is 0 Å². The summed E-state index contributed by atoms with van der Waals surface area (Å²) in [7, 11) is 1.83. The first kappa shape index (κ1) is 12.3. The largest absolute Gasteiger partial charge is 0.352 e. The molecule has 1 amide bonds. The number of hydrogen-bond donors (Lipinski definition) is 1. The molecule has 1 N–H and O–H groups in total. The first-order valence-corrected chi connectivity index (χ1v) is 5.67. The number of nitrogens with zero attached hydrogens (tertiary/aromatic N) is 2. The zero-order valence-corrected chi connectivity index (χ0v) is 10.1. The lowest BCUT2D eigenvalue weighted by Crippen LogP contribution is -2.26. The molecule has 1 aromatic carbocycles. The third-order valence-corrected chi connectivity index (χ3v) is 2.58. The van der Waals surface area contributed by atoms with E-state index in [0.29, 0.717) is 13.0 Å². The van der Waals surface area contributed by atoms with Crippen molar-refractivity contribution < 1.29 is 9.18 Å². The Labute approximate surface area is 104 Å². The highest BCUT2D eigenvalue weighted by atomic mass is 19.1. The van der Waals surface area contributed by atoms with Crippen molar-refractivity contribution in [3.63, 3.8) is 0 Å². The van der Waals surface area contributed by atoms with E-state index in [2.05, 4.69) is 10.4 Å². The maximum absolute atomic E-state index is 13.3. The molecule has 0 unspecified atom stereocenters. The van der Waals surface area contributed by atoms with E-state index in [1.54, 1.807) is 23.0 Å². The first-order chi connectivity index (χ1) is 8.66. The van der Waals surface area contributed by atoms with Crippen LogP contribution in [-0.4, -0.2) is 22.2 Å². The van der Waals surface area contributed by atoms with Gasteiger partial charge in [0.15, 0.2) is 0 Å². The normalized spacial score (nSPS) is 10.3. The lowest BCUT2D eigenvalue weighted by Gasteiger charge is -2.04. The van der Waals surface area contributed by atoms with Gasteiger partial charge in [-0.25, -0.2) is 4.39 Å². The zero-order chi connectivity index (χ0) is 13.0. The Balaban J connectivity index is 1.87. The quantitative estimate of drug-likeness (QED) is 0.890. The molecule has 0 spiro atoms. The molecule has 0 radical (unpaired) electrons. The fourth-order valence-corrected chi connectivity index (χ4v) is 1.66. The average Bonchev–Trinajstić information content (AvgIpc) is 2.75. The Kier molecular flexibility index (Phi) is 3.72. The van der Waals surface area contributed by atoms with Crippen molar-refractivity contribution in [2.75, 3.05) is 6.54 Å². The van der Waals surface area contributed by atoms with E-state index in [4.69, 9.17) is 0 Å². The van der Waals surface area contributed by atoms with Crippen molar-refractivity contribution in [1.29, 1.82) is 0 Å². The molecule has 2 aromatic rings. The molecule has 0 aliphatic carbocycles. The number of halogens is 1. The summed E-state index contributed by atoms with van der Waals surface area (Å²) in [5.41, 5.74) is 1.11. The average molecular weight is 247 g/mol. The summed E-state index contributed by atoms with van der Waals surface area (Å²) < 4.78 is 15.0. The van der Waals surface area contributed by atoms with E-state index in [0.717, 1.165) is 5.56 Å². The third-order valence-electron chi connectivity index (χ3n) is 2.58. The third kappa shape index (κ3) is 2.94. The second-order valence-electron chi connectivity index (χ2n) is 4.01. The van der Waals surface area contributed by atoms with Crippen LogP contribution in [0.4, 0.5) is 4.39 Å². The monoisotopic (exact) mass is 247 g/mol. The number of hydrogen-bond acceptors (Lipinski definition) is 2. The molecule has 0 saturated heterocycles. The number of rotatable bonds is 4. The van der Waals surface area contributed by atoms with Gasteiger partial charge in [0.05, 0.1) is 11.8 Å². The molecule has 0 bridgehead atoms. The second-order valence-corrected chi connectivity index (χ2v) is 4.01. The van der Waals surface area contributed by atoms with Gasteiger partial charge in [-0.1, -0.05) is 12.1 Å². The molecule has 4 nitrogen and oxygen atoms in total. The number of nitrogens with one attached hydrogen (secondary N) is 1. The smallest absolute Gasteiger partial charge is 0.254 e. The SMILES string of the molecule is Cn1cc(CCNC(=O)c2ccccc2F)cn1. The van der Waals surface area contributed by atoms with E-state index in [-0.39, 0.29) is 5.56 Å². The van der Waals surface area contributed by atoms with Gasteiger partial charge in [0.1, 0.15) is 5.82 Å². The maximum atomic E-state index is 13.3. The van der Waals surface area contributed by atoms with E-state index in [1.165, 1.54) is 12.1 Å². The highest BCUT2D eigenvalue weighted by Crippen LogP contribution is 2.05. The minimum absolute atomic E-state index is 0.0729. The minimum atomic E-state index is -0.503. The van der Waals surface area contributed by atoms with Gasteiger partial charge in [-0.15, -0.1) is 0 Å². The van der Waals surface area contributed by atoms with E-state index < -0.39 is 11.7 Å². The lowest BCUT2D eigenvalue weighted by molar-refractivity contribution is 0.0950. The van der Waals surface area contributed by atoms with Crippen LogP contribution >= 0.6 is 0 Å². The van der Waals surface area contributed by atoms with Crippen LogP contribution in [0.2, 0.25) is 0 Å². The van der Waals surface area contributed by atoms with Crippen molar-refractivity contribution in [1.82, 2.24) is 15.1 Å². The summed E-state index contributed by atoms with van der Waals surface area (Å²) in [6, 6.07) is 5.94. The van der Waals surface area contributed by atoms with Crippen molar-refractivity contribution in [3.8, 4) is 0 Å². The Morgan fingerprint density at radius 1 is 1.44 bits per heavy atom. The summed E-state index contributed by atoms with van der Waals surface area (Å²) in [6.45, 7) is 0.457. The molecule has 18 heavy (non-hydrogen) atoms. The standard InChI is InChI=1S/C13H14FN3O/c1-17-9-10(8-16-17)6-7-15-13(18)11-4-2-3-5-12(11)14/h2-5,8-9H,6-7H2,1H3,(H,15,18). The number of aromatic nitrogens is 2. The Morgan fingerprint density at radius 2 is 2.22 bits per heavy atom. The molecule has 0 saturated carbocycles. The zero-order valence-electron chi connectivity index (χ0n) is 10.1. The Hall–Kier alpha value is -2.17. The number of benzene rings is 1. The van der Waals surface area contributed by atoms with Crippen LogP contribution in [0.3, 0.4) is 0 Å². The Bertz CT molecular complexity index is 551.